The van der Waals surface area contributed by atoms with Gasteiger partial charge in [-0.2, -0.15) is 0 Å². The average molecular weight is 143 g/mol. The Morgan fingerprint density at radius 3 is 3.00 bits per heavy atom. The van der Waals surface area contributed by atoms with Gasteiger partial charge in [-0.05, 0) is 6.42 Å². The molecule has 0 fully saturated rings. The van der Waals surface area contributed by atoms with Crippen LogP contribution in [0.15, 0.2) is 4.99 Å². The van der Waals surface area contributed by atoms with Gasteiger partial charge in [-0.1, -0.05) is 0 Å². The topological polar surface area (TPSA) is 87.7 Å². The number of hydrogen-bond acceptors (Lipinski definition) is 4. The summed E-state index contributed by atoms with van der Waals surface area (Å²) < 4.78 is 0. The van der Waals surface area contributed by atoms with Crippen LogP contribution in [0.5, 0.6) is 0 Å². The van der Waals surface area contributed by atoms with Crippen LogP contribution >= 0.6 is 0 Å². The summed E-state index contributed by atoms with van der Waals surface area (Å²) in [5.74, 6) is -0.656. The van der Waals surface area contributed by atoms with Crippen LogP contribution in [0, 0.1) is 0 Å². The lowest BCUT2D eigenvalue weighted by Crippen LogP contribution is -2.47. The van der Waals surface area contributed by atoms with Crippen LogP contribution in [0.3, 0.4) is 0 Å². The zero-order chi connectivity index (χ0) is 7.56. The second-order valence-electron chi connectivity index (χ2n) is 2.09. The molecular formula is C5H9N3O2. The van der Waals surface area contributed by atoms with E-state index in [1.807, 2.05) is 0 Å². The number of nitrogens with one attached hydrogen (secondary N) is 1. The Morgan fingerprint density at radius 1 is 1.90 bits per heavy atom. The van der Waals surface area contributed by atoms with Crippen molar-refractivity contribution < 1.29 is 9.90 Å². The lowest BCUT2D eigenvalue weighted by molar-refractivity contribution is -0.139. The summed E-state index contributed by atoms with van der Waals surface area (Å²) in [5, 5.41) is 11.0. The highest BCUT2D eigenvalue weighted by Crippen LogP contribution is 1.97. The van der Waals surface area contributed by atoms with Crippen molar-refractivity contribution in [1.29, 1.82) is 0 Å². The maximum absolute atomic E-state index is 10.3. The number of carbonyl (C=O) groups is 1. The molecule has 0 spiro atoms. The molecule has 1 aliphatic heterocycles. The molecule has 0 aromatic carbocycles. The quantitative estimate of drug-likeness (QED) is 0.428. The molecule has 0 unspecified atom stereocenters. The van der Waals surface area contributed by atoms with E-state index in [-0.39, 0.29) is 5.96 Å². The molecule has 0 bridgehead atoms. The highest BCUT2D eigenvalue weighted by Gasteiger charge is 2.19. The van der Waals surface area contributed by atoms with E-state index >= 15 is 0 Å². The first-order valence-electron chi connectivity index (χ1n) is 2.99. The van der Waals surface area contributed by atoms with Gasteiger partial charge in [-0.15, -0.1) is 0 Å². The third-order valence-corrected chi connectivity index (χ3v) is 1.32. The molecular weight excluding hydrogens is 134 g/mol. The molecule has 0 aromatic rings. The van der Waals surface area contributed by atoms with Crippen molar-refractivity contribution in [3.8, 4) is 0 Å². The fourth-order valence-electron chi connectivity index (χ4n) is 0.796. The van der Waals surface area contributed by atoms with Gasteiger partial charge >= 0.3 is 5.97 Å². The molecule has 0 saturated heterocycles. The molecule has 1 aliphatic rings. The molecule has 0 amide bonds. The first kappa shape index (κ1) is 6.85. The van der Waals surface area contributed by atoms with Crippen LogP contribution < -0.4 is 11.1 Å². The summed E-state index contributed by atoms with van der Waals surface area (Å²) in [6.45, 7) is 0.496. The van der Waals surface area contributed by atoms with Crippen LogP contribution in [0.25, 0.3) is 0 Å². The van der Waals surface area contributed by atoms with Gasteiger partial charge in [-0.25, -0.2) is 4.79 Å². The lowest BCUT2D eigenvalue weighted by Gasteiger charge is -2.17. The van der Waals surface area contributed by atoms with Crippen molar-refractivity contribution in [2.75, 3.05) is 6.54 Å². The van der Waals surface area contributed by atoms with Crippen LogP contribution in [0.4, 0.5) is 0 Å². The number of guanidine groups is 1. The smallest absolute Gasteiger partial charge is 0.326 e. The predicted octanol–water partition coefficient (Wildman–Crippen LogP) is -1.25. The Bertz CT molecular complexity index is 178. The Kier molecular flexibility index (Phi) is 1.75. The summed E-state index contributed by atoms with van der Waals surface area (Å²) in [5.41, 5.74) is 5.24. The van der Waals surface area contributed by atoms with Gasteiger partial charge in [0.15, 0.2) is 5.96 Å². The standard InChI is InChI=1S/C5H9N3O2/c6-5-7-2-1-3(8-5)4(9)10/h3H,1-2H2,(H,9,10)(H3,6,7,8)/t3-/m1/s1. The molecule has 1 rings (SSSR count). The molecule has 0 aromatic heterocycles. The van der Waals surface area contributed by atoms with Gasteiger partial charge < -0.3 is 16.2 Å². The SMILES string of the molecule is NC1=NCC[C@H](C(=O)O)N1. The number of nitrogens with two attached hydrogens (primary N) is 1. The lowest BCUT2D eigenvalue weighted by atomic mass is 10.2. The molecule has 4 N–H and O–H groups in total. The van der Waals surface area contributed by atoms with E-state index in [2.05, 4.69) is 10.3 Å². The fourth-order valence-corrected chi connectivity index (χ4v) is 0.796. The highest BCUT2D eigenvalue weighted by molar-refractivity contribution is 5.85. The number of nitrogens with zero attached hydrogens (tertiary/aromatic N) is 1. The van der Waals surface area contributed by atoms with Gasteiger partial charge in [0.25, 0.3) is 0 Å². The highest BCUT2D eigenvalue weighted by atomic mass is 16.4. The number of carboxylic acids is 1. The molecule has 5 heteroatoms. The Labute approximate surface area is 57.9 Å². The van der Waals surface area contributed by atoms with E-state index in [9.17, 15) is 4.79 Å². The summed E-state index contributed by atoms with van der Waals surface area (Å²) in [6.07, 6.45) is 0.510. The number of hydrogen-bond donors (Lipinski definition) is 3. The van der Waals surface area contributed by atoms with E-state index in [4.69, 9.17) is 10.8 Å². The maximum atomic E-state index is 10.3. The van der Waals surface area contributed by atoms with Gasteiger partial charge in [-0.3, -0.25) is 4.99 Å². The van der Waals surface area contributed by atoms with E-state index in [1.165, 1.54) is 0 Å². The first-order chi connectivity index (χ1) is 4.70. The minimum Gasteiger partial charge on any atom is -0.480 e. The fraction of sp³-hybridized carbons (Fsp3) is 0.600. The zero-order valence-corrected chi connectivity index (χ0v) is 5.37. The monoisotopic (exact) mass is 143 g/mol. The second-order valence-corrected chi connectivity index (χ2v) is 2.09. The van der Waals surface area contributed by atoms with Crippen LogP contribution in [-0.2, 0) is 4.79 Å². The van der Waals surface area contributed by atoms with Crippen molar-refractivity contribution in [3.63, 3.8) is 0 Å². The maximum Gasteiger partial charge on any atom is 0.326 e. The van der Waals surface area contributed by atoms with Crippen LogP contribution in [-0.4, -0.2) is 29.6 Å². The molecule has 0 aliphatic carbocycles. The minimum atomic E-state index is -0.877. The number of carboxylic acid groups (broad SMARTS) is 1. The summed E-state index contributed by atoms with van der Waals surface area (Å²) in [4.78, 5) is 14.1. The third-order valence-electron chi connectivity index (χ3n) is 1.32. The molecule has 5 nitrogen and oxygen atoms in total. The normalized spacial score (nSPS) is 24.8. The van der Waals surface area contributed by atoms with Crippen LogP contribution in [0.2, 0.25) is 0 Å². The molecule has 10 heavy (non-hydrogen) atoms. The van der Waals surface area contributed by atoms with Gasteiger partial charge in [0.2, 0.25) is 0 Å². The zero-order valence-electron chi connectivity index (χ0n) is 5.37. The Hall–Kier alpha value is -1.26. The van der Waals surface area contributed by atoms with Crippen molar-refractivity contribution in [2.24, 2.45) is 10.7 Å². The molecule has 1 atom stereocenters. The average Bonchev–Trinajstić information content (AvgIpc) is 1.88. The third kappa shape index (κ3) is 1.37. The number of rotatable bonds is 1. The van der Waals surface area contributed by atoms with Crippen molar-refractivity contribution in [3.05, 3.63) is 0 Å². The number of aliphatic carboxylic acids is 1. The Balaban J connectivity index is 2.53. The number of aliphatic imine (C=N–C) groups is 1. The minimum absolute atomic E-state index is 0.221. The van der Waals surface area contributed by atoms with E-state index in [1.54, 1.807) is 0 Å². The summed E-state index contributed by atoms with van der Waals surface area (Å²) in [7, 11) is 0. The summed E-state index contributed by atoms with van der Waals surface area (Å²) in [6, 6.07) is -0.558. The molecule has 0 saturated carbocycles. The Morgan fingerprint density at radius 2 is 2.60 bits per heavy atom. The van der Waals surface area contributed by atoms with E-state index in [0.717, 1.165) is 0 Å². The van der Waals surface area contributed by atoms with Gasteiger partial charge in [0.1, 0.15) is 6.04 Å². The van der Waals surface area contributed by atoms with E-state index in [0.29, 0.717) is 13.0 Å². The van der Waals surface area contributed by atoms with Gasteiger partial charge in [0, 0.05) is 6.54 Å². The van der Waals surface area contributed by atoms with Gasteiger partial charge in [0.05, 0.1) is 0 Å². The van der Waals surface area contributed by atoms with E-state index < -0.39 is 12.0 Å². The largest absolute Gasteiger partial charge is 0.480 e. The van der Waals surface area contributed by atoms with Crippen molar-refractivity contribution >= 4 is 11.9 Å². The molecule has 1 heterocycles. The molecule has 56 valence electrons. The predicted molar refractivity (Wildman–Crippen MR) is 35.7 cm³/mol. The summed E-state index contributed by atoms with van der Waals surface area (Å²) >= 11 is 0. The van der Waals surface area contributed by atoms with Crippen LogP contribution in [0.1, 0.15) is 6.42 Å². The molecule has 0 radical (unpaired) electrons. The first-order valence-corrected chi connectivity index (χ1v) is 2.99. The van der Waals surface area contributed by atoms with Crippen molar-refractivity contribution in [2.45, 2.75) is 12.5 Å². The van der Waals surface area contributed by atoms with Crippen molar-refractivity contribution in [1.82, 2.24) is 5.32 Å². The second kappa shape index (κ2) is 2.55.